The summed E-state index contributed by atoms with van der Waals surface area (Å²) >= 11 is 0. The Kier molecular flexibility index (Phi) is 4.73. The number of aliphatic carboxylic acids is 1. The highest BCUT2D eigenvalue weighted by molar-refractivity contribution is 7.89. The number of hydrogen-bond donors (Lipinski definition) is 3. The van der Waals surface area contributed by atoms with Gasteiger partial charge < -0.3 is 14.8 Å². The molecule has 2 aromatic rings. The quantitative estimate of drug-likeness (QED) is 0.681. The monoisotopic (exact) mass is 370 g/mol. The van der Waals surface area contributed by atoms with Crippen LogP contribution in [0.2, 0.25) is 0 Å². The zero-order valence-electron chi connectivity index (χ0n) is 14.0. The molecule has 11 heteroatoms. The molecule has 0 aliphatic rings. The molecule has 0 aliphatic heterocycles. The minimum atomic E-state index is -3.81. The lowest BCUT2D eigenvalue weighted by molar-refractivity contribution is -0.146. The molecule has 0 fully saturated rings. The van der Waals surface area contributed by atoms with E-state index in [1.165, 1.54) is 44.9 Å². The molecular formula is C14H18N4O6S. The maximum Gasteiger partial charge on any atom is 0.331 e. The zero-order valence-corrected chi connectivity index (χ0v) is 14.8. The Bertz CT molecular complexity index is 925. The van der Waals surface area contributed by atoms with E-state index < -0.39 is 27.4 Å². The minimum absolute atomic E-state index is 0.0408. The van der Waals surface area contributed by atoms with Crippen molar-refractivity contribution < 1.29 is 27.5 Å². The standard InChI is InChI=1S/C14H18N4O6S/c1-8-10(5-11(24-8)25(22,23)15-4)12(19)17-9-6-16-18(7-9)14(2,3)13(20)21/h5-7,15H,1-4H3,(H,17,19)(H,20,21). The van der Waals surface area contributed by atoms with Crippen molar-refractivity contribution in [3.8, 4) is 0 Å². The van der Waals surface area contributed by atoms with Crippen LogP contribution in [-0.2, 0) is 20.4 Å². The van der Waals surface area contributed by atoms with E-state index in [-0.39, 0.29) is 22.1 Å². The highest BCUT2D eigenvalue weighted by atomic mass is 32.2. The summed E-state index contributed by atoms with van der Waals surface area (Å²) in [5, 5.41) is 15.3. The van der Waals surface area contributed by atoms with Crippen LogP contribution in [0.4, 0.5) is 5.69 Å². The summed E-state index contributed by atoms with van der Waals surface area (Å²) in [6, 6.07) is 1.11. The molecule has 3 N–H and O–H groups in total. The molecule has 0 aliphatic carbocycles. The van der Waals surface area contributed by atoms with Gasteiger partial charge in [-0.2, -0.15) is 5.10 Å². The molecule has 0 aromatic carbocycles. The van der Waals surface area contributed by atoms with Crippen molar-refractivity contribution in [3.05, 3.63) is 29.8 Å². The van der Waals surface area contributed by atoms with Crippen LogP contribution < -0.4 is 10.0 Å². The maximum atomic E-state index is 12.3. The number of amides is 1. The fraction of sp³-hybridized carbons (Fsp3) is 0.357. The number of carboxylic acid groups (broad SMARTS) is 1. The Balaban J connectivity index is 2.24. The number of nitrogens with zero attached hydrogens (tertiary/aromatic N) is 2. The van der Waals surface area contributed by atoms with Crippen molar-refractivity contribution in [2.45, 2.75) is 31.4 Å². The van der Waals surface area contributed by atoms with Crippen molar-refractivity contribution in [2.75, 3.05) is 12.4 Å². The number of aromatic nitrogens is 2. The zero-order chi connectivity index (χ0) is 19.0. The van der Waals surface area contributed by atoms with Gasteiger partial charge in [-0.15, -0.1) is 0 Å². The fourth-order valence-corrected chi connectivity index (χ4v) is 2.61. The van der Waals surface area contributed by atoms with Crippen LogP contribution in [0, 0.1) is 6.92 Å². The van der Waals surface area contributed by atoms with Crippen LogP contribution in [0.3, 0.4) is 0 Å². The van der Waals surface area contributed by atoms with Crippen LogP contribution in [0.1, 0.15) is 30.0 Å². The summed E-state index contributed by atoms with van der Waals surface area (Å²) in [6.07, 6.45) is 2.66. The van der Waals surface area contributed by atoms with Gasteiger partial charge in [0, 0.05) is 12.3 Å². The number of hydrogen-bond acceptors (Lipinski definition) is 6. The van der Waals surface area contributed by atoms with E-state index in [1.54, 1.807) is 0 Å². The topological polar surface area (TPSA) is 144 Å². The number of furan rings is 1. The molecule has 0 unspecified atom stereocenters. The average molecular weight is 370 g/mol. The lowest BCUT2D eigenvalue weighted by Crippen LogP contribution is -2.35. The van der Waals surface area contributed by atoms with Gasteiger partial charge in [0.2, 0.25) is 5.09 Å². The molecule has 1 amide bonds. The summed E-state index contributed by atoms with van der Waals surface area (Å²) < 4.78 is 31.8. The lowest BCUT2D eigenvalue weighted by atomic mass is 10.1. The third kappa shape index (κ3) is 3.56. The molecule has 2 heterocycles. The number of rotatable bonds is 6. The second-order valence-electron chi connectivity index (χ2n) is 5.73. The molecule has 25 heavy (non-hydrogen) atoms. The highest BCUT2D eigenvalue weighted by Gasteiger charge is 2.30. The van der Waals surface area contributed by atoms with Crippen LogP contribution in [0.15, 0.2) is 28.0 Å². The number of aryl methyl sites for hydroxylation is 1. The molecule has 0 bridgehead atoms. The number of nitrogens with one attached hydrogen (secondary N) is 2. The average Bonchev–Trinajstić information content (AvgIpc) is 3.14. The van der Waals surface area contributed by atoms with Gasteiger partial charge in [-0.05, 0) is 27.8 Å². The molecular weight excluding hydrogens is 352 g/mol. The van der Waals surface area contributed by atoms with Crippen molar-refractivity contribution >= 4 is 27.6 Å². The molecule has 0 spiro atoms. The minimum Gasteiger partial charge on any atom is -0.479 e. The maximum absolute atomic E-state index is 12.3. The van der Waals surface area contributed by atoms with Gasteiger partial charge in [0.1, 0.15) is 5.76 Å². The van der Waals surface area contributed by atoms with Crippen molar-refractivity contribution in [1.29, 1.82) is 0 Å². The van der Waals surface area contributed by atoms with Crippen LogP contribution in [0.25, 0.3) is 0 Å². The Labute approximate surface area is 143 Å². The summed E-state index contributed by atoms with van der Waals surface area (Å²) in [6.45, 7) is 4.38. The van der Waals surface area contributed by atoms with E-state index in [0.29, 0.717) is 0 Å². The Morgan fingerprint density at radius 1 is 1.36 bits per heavy atom. The van der Waals surface area contributed by atoms with E-state index in [4.69, 9.17) is 4.42 Å². The van der Waals surface area contributed by atoms with Crippen LogP contribution in [-0.4, -0.2) is 42.2 Å². The van der Waals surface area contributed by atoms with E-state index in [1.807, 2.05) is 0 Å². The van der Waals surface area contributed by atoms with E-state index >= 15 is 0 Å². The molecule has 0 radical (unpaired) electrons. The van der Waals surface area contributed by atoms with E-state index in [2.05, 4.69) is 15.1 Å². The summed E-state index contributed by atoms with van der Waals surface area (Å²) in [5.74, 6) is -1.56. The Morgan fingerprint density at radius 2 is 2.00 bits per heavy atom. The summed E-state index contributed by atoms with van der Waals surface area (Å²) in [7, 11) is -2.58. The van der Waals surface area contributed by atoms with E-state index in [9.17, 15) is 23.1 Å². The first-order valence-electron chi connectivity index (χ1n) is 7.13. The molecule has 2 aromatic heterocycles. The number of carboxylic acids is 1. The first-order valence-corrected chi connectivity index (χ1v) is 8.61. The smallest absolute Gasteiger partial charge is 0.331 e. The summed E-state index contributed by atoms with van der Waals surface area (Å²) in [4.78, 5) is 23.5. The number of anilines is 1. The van der Waals surface area contributed by atoms with Crippen molar-refractivity contribution in [3.63, 3.8) is 0 Å². The van der Waals surface area contributed by atoms with Crippen LogP contribution >= 0.6 is 0 Å². The first kappa shape index (κ1) is 18.7. The molecule has 0 atom stereocenters. The van der Waals surface area contributed by atoms with Crippen molar-refractivity contribution in [2.24, 2.45) is 0 Å². The molecule has 2 rings (SSSR count). The first-order chi connectivity index (χ1) is 11.5. The van der Waals surface area contributed by atoms with Crippen molar-refractivity contribution in [1.82, 2.24) is 14.5 Å². The van der Waals surface area contributed by atoms with Gasteiger partial charge in [0.15, 0.2) is 5.54 Å². The normalized spacial score (nSPS) is 12.2. The van der Waals surface area contributed by atoms with Gasteiger partial charge in [-0.3, -0.25) is 9.48 Å². The third-order valence-electron chi connectivity index (χ3n) is 3.61. The van der Waals surface area contributed by atoms with E-state index in [0.717, 1.165) is 6.07 Å². The molecule has 10 nitrogen and oxygen atoms in total. The summed E-state index contributed by atoms with van der Waals surface area (Å²) in [5.41, 5.74) is -0.986. The van der Waals surface area contributed by atoms with Gasteiger partial charge in [-0.1, -0.05) is 0 Å². The fourth-order valence-electron chi connectivity index (χ4n) is 1.90. The number of carbonyl (C=O) groups is 2. The third-order valence-corrected chi connectivity index (χ3v) is 4.88. The Morgan fingerprint density at radius 3 is 2.56 bits per heavy atom. The predicted molar refractivity (Wildman–Crippen MR) is 86.8 cm³/mol. The van der Waals surface area contributed by atoms with Gasteiger partial charge >= 0.3 is 5.97 Å². The second kappa shape index (κ2) is 6.33. The van der Waals surface area contributed by atoms with Gasteiger partial charge in [0.25, 0.3) is 15.9 Å². The lowest BCUT2D eigenvalue weighted by Gasteiger charge is -2.19. The molecule has 0 saturated carbocycles. The second-order valence-corrected chi connectivity index (χ2v) is 7.55. The predicted octanol–water partition coefficient (Wildman–Crippen LogP) is 0.765. The molecule has 136 valence electrons. The number of sulfonamides is 1. The highest BCUT2D eigenvalue weighted by Crippen LogP contribution is 2.21. The molecule has 0 saturated heterocycles. The van der Waals surface area contributed by atoms with Gasteiger partial charge in [0.05, 0.1) is 17.4 Å². The SMILES string of the molecule is CNS(=O)(=O)c1cc(C(=O)Nc2cnn(C(C)(C)C(=O)O)c2)c(C)o1. The largest absolute Gasteiger partial charge is 0.479 e. The van der Waals surface area contributed by atoms with Gasteiger partial charge in [-0.25, -0.2) is 17.9 Å². The Hall–Kier alpha value is -2.66. The van der Waals surface area contributed by atoms with Crippen LogP contribution in [0.5, 0.6) is 0 Å². The number of carbonyl (C=O) groups excluding carboxylic acids is 1.